The average Bonchev–Trinajstić information content (AvgIpc) is 0. The molecule has 0 rings (SSSR count). The molecule has 0 aromatic rings. The van der Waals surface area contributed by atoms with Crippen LogP contribution in [0.4, 0.5) is 0 Å². The Morgan fingerprint density at radius 1 is 1.00 bits per heavy atom. The fourth-order valence-corrected chi connectivity index (χ4v) is 0. The molecule has 0 saturated heterocycles. The van der Waals surface area contributed by atoms with E-state index in [-0.39, 0.29) is 57.6 Å². The Bertz CT molecular complexity index is 8.00. The Kier molecular flexibility index (Phi) is 283. The Hall–Kier alpha value is 1.56. The van der Waals surface area contributed by atoms with Crippen LogP contribution in [0, 0.1) is 0 Å². The van der Waals surface area contributed by atoms with Gasteiger partial charge in [-0.1, -0.05) is 0 Å². The molecule has 0 atom stereocenters. The minimum atomic E-state index is 0. The van der Waals surface area contributed by atoms with Gasteiger partial charge in [0.15, 0.2) is 0 Å². The van der Waals surface area contributed by atoms with Crippen molar-refractivity contribution in [3.05, 3.63) is 0 Å². The van der Waals surface area contributed by atoms with Gasteiger partial charge in [-0.2, -0.15) is 0 Å². The number of hydrogen-bond donors (Lipinski definition) is 0. The molecule has 26 valence electrons. The summed E-state index contributed by atoms with van der Waals surface area (Å²) in [6, 6.07) is 0. The second-order valence-corrected chi connectivity index (χ2v) is 0. The summed E-state index contributed by atoms with van der Waals surface area (Å²) in [5, 5.41) is 0. The quantitative estimate of drug-likeness (QED) is 0.406. The molecule has 0 N–H and O–H groups in total. The molecule has 1 nitrogen and oxygen atoms in total. The van der Waals surface area contributed by atoms with Gasteiger partial charge in [0.25, 0.3) is 0 Å². The SMILES string of the molecule is [Co+2].[Li].[Ni].[O-2]. The monoisotopic (exact) mass is 140 g/mol. The molecule has 0 fully saturated rings. The molecular formula is CoLiNiO. The zero-order valence-electron chi connectivity index (χ0n) is 2.06. The van der Waals surface area contributed by atoms with Crippen LogP contribution in [0.5, 0.6) is 0 Å². The molecule has 4 heteroatoms. The molecule has 0 heterocycles. The Morgan fingerprint density at radius 3 is 1.00 bits per heavy atom. The van der Waals surface area contributed by atoms with Gasteiger partial charge < -0.3 is 5.48 Å². The first-order valence-corrected chi connectivity index (χ1v) is 0. The van der Waals surface area contributed by atoms with Crippen LogP contribution in [0.2, 0.25) is 0 Å². The maximum Gasteiger partial charge on any atom is 2.00 e. The second-order valence-electron chi connectivity index (χ2n) is 0. The van der Waals surface area contributed by atoms with E-state index >= 15 is 0 Å². The third-order valence-electron chi connectivity index (χ3n) is 0. The van der Waals surface area contributed by atoms with Crippen LogP contribution in [0.15, 0.2) is 0 Å². The topological polar surface area (TPSA) is 28.5 Å². The number of hydrogen-bond acceptors (Lipinski definition) is 0. The molecule has 0 unspecified atom stereocenters. The first-order valence-electron chi connectivity index (χ1n) is 0. The standard InChI is InChI=1S/Co.Li.Ni.O/q+2;;;-2. The van der Waals surface area contributed by atoms with E-state index in [1.165, 1.54) is 0 Å². The van der Waals surface area contributed by atoms with Gasteiger partial charge in [-0.15, -0.1) is 0 Å². The van der Waals surface area contributed by atoms with Crippen molar-refractivity contribution in [3.63, 3.8) is 0 Å². The third kappa shape index (κ3) is 9.59. The third-order valence-corrected chi connectivity index (χ3v) is 0. The molecule has 0 aliphatic rings. The van der Waals surface area contributed by atoms with Crippen LogP contribution >= 0.6 is 0 Å². The molecule has 0 aliphatic heterocycles. The van der Waals surface area contributed by atoms with Crippen LogP contribution in [-0.4, -0.2) is 18.9 Å². The second kappa shape index (κ2) is 23.8. The summed E-state index contributed by atoms with van der Waals surface area (Å²) in [6.45, 7) is 0. The van der Waals surface area contributed by atoms with Crippen molar-refractivity contribution in [2.75, 3.05) is 0 Å². The average molecular weight is 141 g/mol. The Labute approximate surface area is 57.5 Å². The summed E-state index contributed by atoms with van der Waals surface area (Å²) in [5.41, 5.74) is 0. The molecule has 0 saturated carbocycles. The van der Waals surface area contributed by atoms with E-state index in [4.69, 9.17) is 0 Å². The van der Waals surface area contributed by atoms with Gasteiger partial charge >= 0.3 is 16.8 Å². The van der Waals surface area contributed by atoms with Crippen molar-refractivity contribution in [2.45, 2.75) is 0 Å². The Balaban J connectivity index is 0. The van der Waals surface area contributed by atoms with Gasteiger partial charge in [-0.05, 0) is 0 Å². The summed E-state index contributed by atoms with van der Waals surface area (Å²) in [5.74, 6) is 0. The van der Waals surface area contributed by atoms with Gasteiger partial charge in [0.05, 0.1) is 0 Å². The van der Waals surface area contributed by atoms with E-state index in [0.717, 1.165) is 0 Å². The van der Waals surface area contributed by atoms with Crippen LogP contribution < -0.4 is 0 Å². The fourth-order valence-electron chi connectivity index (χ4n) is 0. The Morgan fingerprint density at radius 2 is 1.00 bits per heavy atom. The first-order chi connectivity index (χ1) is 0. The predicted molar refractivity (Wildman–Crippen MR) is 6.44 cm³/mol. The van der Waals surface area contributed by atoms with Gasteiger partial charge in [-0.3, -0.25) is 0 Å². The molecule has 0 aliphatic carbocycles. The molecule has 0 amide bonds. The van der Waals surface area contributed by atoms with Crippen LogP contribution in [-0.2, 0) is 38.7 Å². The number of rotatable bonds is 0. The van der Waals surface area contributed by atoms with E-state index < -0.39 is 0 Å². The summed E-state index contributed by atoms with van der Waals surface area (Å²) in [7, 11) is 0. The molecular weight excluding hydrogens is 141 g/mol. The summed E-state index contributed by atoms with van der Waals surface area (Å²) in [4.78, 5) is 0. The minimum Gasteiger partial charge on any atom is -2.00 e. The van der Waals surface area contributed by atoms with E-state index in [0.29, 0.717) is 0 Å². The summed E-state index contributed by atoms with van der Waals surface area (Å²) >= 11 is 0. The summed E-state index contributed by atoms with van der Waals surface area (Å²) in [6.07, 6.45) is 0. The van der Waals surface area contributed by atoms with Gasteiger partial charge in [0, 0.05) is 35.4 Å². The van der Waals surface area contributed by atoms with Crippen LogP contribution in [0.3, 0.4) is 0 Å². The maximum absolute atomic E-state index is 0. The van der Waals surface area contributed by atoms with E-state index in [2.05, 4.69) is 0 Å². The first kappa shape index (κ1) is 47.6. The molecule has 4 heavy (non-hydrogen) atoms. The predicted octanol–water partition coefficient (Wildman–Crippen LogP) is -0.505. The normalized spacial score (nSPS) is 0. The van der Waals surface area contributed by atoms with E-state index in [9.17, 15) is 0 Å². The van der Waals surface area contributed by atoms with Crippen molar-refractivity contribution in [1.82, 2.24) is 0 Å². The molecule has 0 aromatic heterocycles. The van der Waals surface area contributed by atoms with Crippen molar-refractivity contribution in [1.29, 1.82) is 0 Å². The van der Waals surface area contributed by atoms with Crippen molar-refractivity contribution in [2.24, 2.45) is 0 Å². The van der Waals surface area contributed by atoms with Crippen molar-refractivity contribution < 1.29 is 38.7 Å². The van der Waals surface area contributed by atoms with Crippen LogP contribution in [0.25, 0.3) is 0 Å². The van der Waals surface area contributed by atoms with Gasteiger partial charge in [0.2, 0.25) is 0 Å². The largest absolute Gasteiger partial charge is 2.00 e. The molecule has 2 radical (unpaired) electrons. The zero-order valence-corrected chi connectivity index (χ0v) is 4.09. The van der Waals surface area contributed by atoms with Gasteiger partial charge in [0.1, 0.15) is 0 Å². The van der Waals surface area contributed by atoms with Gasteiger partial charge in [-0.25, -0.2) is 0 Å². The van der Waals surface area contributed by atoms with E-state index in [1.807, 2.05) is 0 Å². The molecule has 0 aromatic carbocycles. The molecule has 0 bridgehead atoms. The fraction of sp³-hybridized carbons (Fsp3) is 0. The minimum absolute atomic E-state index is 0. The van der Waals surface area contributed by atoms with Crippen LogP contribution in [0.1, 0.15) is 0 Å². The maximum atomic E-state index is 0. The van der Waals surface area contributed by atoms with E-state index in [1.54, 1.807) is 0 Å². The molecule has 0 spiro atoms. The zero-order chi connectivity index (χ0) is 0. The summed E-state index contributed by atoms with van der Waals surface area (Å²) < 4.78 is 0. The van der Waals surface area contributed by atoms with Crippen molar-refractivity contribution >= 4 is 18.9 Å². The van der Waals surface area contributed by atoms with Crippen molar-refractivity contribution in [3.8, 4) is 0 Å². The smallest absolute Gasteiger partial charge is 2.00 e.